The van der Waals surface area contributed by atoms with E-state index in [0.717, 1.165) is 22.7 Å². The number of fused-ring (bicyclic) bond motifs is 3. The molecule has 0 radical (unpaired) electrons. The largest absolute Gasteiger partial charge is 0.311 e. The Morgan fingerprint density at radius 1 is 0.206 bits per heavy atom. The lowest BCUT2D eigenvalue weighted by atomic mass is 9.97. The van der Waals surface area contributed by atoms with Crippen LogP contribution in [0.2, 0.25) is 0 Å². The number of anilines is 3. The van der Waals surface area contributed by atoms with Crippen molar-refractivity contribution in [3.63, 3.8) is 0 Å². The number of benzene rings is 11. The van der Waals surface area contributed by atoms with E-state index < -0.39 is 0 Å². The maximum Gasteiger partial charge on any atom is 0.0541 e. The molecule has 0 saturated heterocycles. The normalized spacial score (nSPS) is 10.9. The average Bonchev–Trinajstić information content (AvgIpc) is 3.76. The molecule has 0 spiro atoms. The van der Waals surface area contributed by atoms with Crippen molar-refractivity contribution in [2.75, 3.05) is 4.90 Å². The zero-order valence-corrected chi connectivity index (χ0v) is 37.6. The van der Waals surface area contributed by atoms with Crippen molar-refractivity contribution in [2.24, 2.45) is 0 Å². The van der Waals surface area contributed by atoms with Gasteiger partial charge in [-0.2, -0.15) is 0 Å². The summed E-state index contributed by atoms with van der Waals surface area (Å²) in [5.74, 6) is 0. The predicted molar refractivity (Wildman–Crippen MR) is 289 cm³/mol. The highest BCUT2D eigenvalue weighted by molar-refractivity contribution is 6.11. The average molecular weight is 869 g/mol. The van der Waals surface area contributed by atoms with Gasteiger partial charge in [-0.05, 0) is 128 Å². The monoisotopic (exact) mass is 868 g/mol. The molecule has 0 aliphatic rings. The number of rotatable bonds is 9. The second-order valence-electron chi connectivity index (χ2n) is 16.9. The first kappa shape index (κ1) is 41.7. The van der Waals surface area contributed by atoms with Crippen LogP contribution in [0.3, 0.4) is 0 Å². The Balaban J connectivity index is 0.000000786. The van der Waals surface area contributed by atoms with Gasteiger partial charge in [-0.25, -0.2) is 0 Å². The molecular formula is C66H48N2. The zero-order valence-electron chi connectivity index (χ0n) is 37.6. The number of hydrogen-bond donors (Lipinski definition) is 0. The van der Waals surface area contributed by atoms with Gasteiger partial charge in [0, 0.05) is 33.5 Å². The van der Waals surface area contributed by atoms with E-state index in [1.165, 1.54) is 77.4 Å². The summed E-state index contributed by atoms with van der Waals surface area (Å²) in [4.78, 5) is 2.31. The third-order valence-electron chi connectivity index (χ3n) is 12.7. The first-order valence-electron chi connectivity index (χ1n) is 23.2. The Morgan fingerprint density at radius 2 is 0.456 bits per heavy atom. The Kier molecular flexibility index (Phi) is 11.8. The fourth-order valence-corrected chi connectivity index (χ4v) is 9.22. The molecule has 322 valence electrons. The zero-order chi connectivity index (χ0) is 45.5. The van der Waals surface area contributed by atoms with Gasteiger partial charge in [-0.1, -0.05) is 218 Å². The molecule has 0 bridgehead atoms. The quantitative estimate of drug-likeness (QED) is 0.140. The van der Waals surface area contributed by atoms with Crippen molar-refractivity contribution >= 4 is 38.9 Å². The van der Waals surface area contributed by atoms with Crippen molar-refractivity contribution < 1.29 is 0 Å². The molecule has 1 aromatic heterocycles. The molecule has 0 saturated carbocycles. The molecule has 0 atom stereocenters. The molecule has 12 rings (SSSR count). The molecule has 0 amide bonds. The highest BCUT2D eigenvalue weighted by atomic mass is 15.1. The summed E-state index contributed by atoms with van der Waals surface area (Å²) in [6.45, 7) is 0. The van der Waals surface area contributed by atoms with Crippen LogP contribution in [-0.4, -0.2) is 4.57 Å². The van der Waals surface area contributed by atoms with Gasteiger partial charge in [0.1, 0.15) is 0 Å². The van der Waals surface area contributed by atoms with Crippen molar-refractivity contribution in [3.05, 3.63) is 291 Å². The van der Waals surface area contributed by atoms with Crippen molar-refractivity contribution in [1.82, 2.24) is 4.57 Å². The fourth-order valence-electron chi connectivity index (χ4n) is 9.22. The van der Waals surface area contributed by atoms with Crippen molar-refractivity contribution in [1.29, 1.82) is 0 Å². The third-order valence-corrected chi connectivity index (χ3v) is 12.7. The topological polar surface area (TPSA) is 8.17 Å². The van der Waals surface area contributed by atoms with Crippen LogP contribution in [0.4, 0.5) is 17.1 Å². The number of para-hydroxylation sites is 2. The molecule has 0 N–H and O–H groups in total. The van der Waals surface area contributed by atoms with Gasteiger partial charge >= 0.3 is 0 Å². The van der Waals surface area contributed by atoms with Crippen molar-refractivity contribution in [3.8, 4) is 61.3 Å². The van der Waals surface area contributed by atoms with Crippen LogP contribution < -0.4 is 4.90 Å². The first-order chi connectivity index (χ1) is 33.7. The van der Waals surface area contributed by atoms with Crippen LogP contribution >= 0.6 is 0 Å². The molecular weight excluding hydrogens is 821 g/mol. The van der Waals surface area contributed by atoms with E-state index in [1.54, 1.807) is 0 Å². The summed E-state index contributed by atoms with van der Waals surface area (Å²) >= 11 is 0. The number of hydrogen-bond acceptors (Lipinski definition) is 1. The third kappa shape index (κ3) is 8.75. The van der Waals surface area contributed by atoms with E-state index in [9.17, 15) is 0 Å². The molecule has 1 heterocycles. The van der Waals surface area contributed by atoms with Crippen LogP contribution in [0.25, 0.3) is 83.1 Å². The lowest BCUT2D eigenvalue weighted by molar-refractivity contribution is 1.18. The van der Waals surface area contributed by atoms with Gasteiger partial charge in [0.05, 0.1) is 11.0 Å². The number of nitrogens with zero attached hydrogens (tertiary/aromatic N) is 2. The summed E-state index contributed by atoms with van der Waals surface area (Å²) < 4.78 is 2.38. The Labute approximate surface area is 398 Å². The molecule has 0 unspecified atom stereocenters. The Morgan fingerprint density at radius 3 is 0.838 bits per heavy atom. The van der Waals surface area contributed by atoms with Crippen LogP contribution in [0.15, 0.2) is 291 Å². The maximum absolute atomic E-state index is 2.38. The molecule has 2 nitrogen and oxygen atoms in total. The lowest BCUT2D eigenvalue weighted by Gasteiger charge is -2.26. The highest BCUT2D eigenvalue weighted by Crippen LogP contribution is 2.39. The molecule has 68 heavy (non-hydrogen) atoms. The molecule has 0 aliphatic carbocycles. The van der Waals surface area contributed by atoms with E-state index >= 15 is 0 Å². The second-order valence-corrected chi connectivity index (χ2v) is 16.9. The van der Waals surface area contributed by atoms with Gasteiger partial charge in [0.25, 0.3) is 0 Å². The van der Waals surface area contributed by atoms with E-state index in [-0.39, 0.29) is 0 Å². The van der Waals surface area contributed by atoms with Crippen LogP contribution in [0.1, 0.15) is 0 Å². The first-order valence-corrected chi connectivity index (χ1v) is 23.2. The standard InChI is InChI=1S/C60H42N2.C6H6/c1-5-13-43(14-6-1)48-29-35-55(36-30-48)61(53-17-9-3-10-18-53)56-37-31-49(32-38-56)47-23-21-45(22-24-47)46-25-27-50(28-26-46)52-34-40-60-58(42-52)57-41-51(44-15-7-2-8-16-44)33-39-59(57)62(60)54-19-11-4-12-20-54;1-2-4-6-5-3-1/h1-42H;1-6H. The molecule has 0 aliphatic heterocycles. The van der Waals surface area contributed by atoms with Crippen LogP contribution in [-0.2, 0) is 0 Å². The lowest BCUT2D eigenvalue weighted by Crippen LogP contribution is -2.09. The summed E-state index contributed by atoms with van der Waals surface area (Å²) in [6, 6.07) is 104. The summed E-state index contributed by atoms with van der Waals surface area (Å²) in [7, 11) is 0. The van der Waals surface area contributed by atoms with Gasteiger partial charge in [0.15, 0.2) is 0 Å². The molecule has 11 aromatic carbocycles. The van der Waals surface area contributed by atoms with Crippen LogP contribution in [0, 0.1) is 0 Å². The minimum Gasteiger partial charge on any atom is -0.311 e. The van der Waals surface area contributed by atoms with Gasteiger partial charge < -0.3 is 9.47 Å². The SMILES string of the molecule is c1ccc(-c2ccc(N(c3ccccc3)c3ccc(-c4ccc(-c5ccc(-c6ccc7c(c6)c6cc(-c8ccccc8)ccc6n7-c6ccccc6)cc5)cc4)cc3)cc2)cc1.c1ccccc1. The summed E-state index contributed by atoms with van der Waals surface area (Å²) in [5, 5.41) is 2.50. The van der Waals surface area contributed by atoms with Gasteiger partial charge in [0.2, 0.25) is 0 Å². The predicted octanol–water partition coefficient (Wildman–Crippen LogP) is 18.3. The minimum atomic E-state index is 1.11. The highest BCUT2D eigenvalue weighted by Gasteiger charge is 2.16. The second kappa shape index (κ2) is 19.2. The van der Waals surface area contributed by atoms with E-state index in [2.05, 4.69) is 264 Å². The Hall–Kier alpha value is -8.98. The minimum absolute atomic E-state index is 1.11. The van der Waals surface area contributed by atoms with Crippen LogP contribution in [0.5, 0.6) is 0 Å². The Bertz CT molecular complexity index is 3500. The summed E-state index contributed by atoms with van der Waals surface area (Å²) in [6.07, 6.45) is 0. The van der Waals surface area contributed by atoms with E-state index in [4.69, 9.17) is 0 Å². The van der Waals surface area contributed by atoms with Gasteiger partial charge in [-0.15, -0.1) is 0 Å². The van der Waals surface area contributed by atoms with E-state index in [1.807, 2.05) is 36.4 Å². The smallest absolute Gasteiger partial charge is 0.0541 e. The maximum atomic E-state index is 2.38. The summed E-state index contributed by atoms with van der Waals surface area (Å²) in [5.41, 5.74) is 19.0. The van der Waals surface area contributed by atoms with Crippen molar-refractivity contribution in [2.45, 2.75) is 0 Å². The number of aromatic nitrogens is 1. The molecule has 0 fully saturated rings. The fraction of sp³-hybridized carbons (Fsp3) is 0. The molecule has 12 aromatic rings. The molecule has 2 heteroatoms. The van der Waals surface area contributed by atoms with E-state index in [0.29, 0.717) is 0 Å². The van der Waals surface area contributed by atoms with Gasteiger partial charge in [-0.3, -0.25) is 0 Å².